The number of anilines is 1. The molecule has 2 amide bonds. The number of carbonyl (C=O) groups excluding carboxylic acids is 2. The summed E-state index contributed by atoms with van der Waals surface area (Å²) in [6.07, 6.45) is 0.149. The van der Waals surface area contributed by atoms with Gasteiger partial charge in [0.25, 0.3) is 0 Å². The zero-order valence-corrected chi connectivity index (χ0v) is 11.9. The molecule has 0 bridgehead atoms. The molecule has 0 aromatic heterocycles. The molecule has 106 valence electrons. The molecule has 2 rings (SSSR count). The highest BCUT2D eigenvalue weighted by atomic mass is 16.2. The molecule has 4 N–H and O–H groups in total. The number of nitrogens with two attached hydrogens (primary N) is 1. The number of fused-ring (bicyclic) bond motifs is 1. The van der Waals surface area contributed by atoms with Gasteiger partial charge in [-0.1, -0.05) is 13.0 Å². The molecule has 5 nitrogen and oxygen atoms in total. The highest BCUT2D eigenvalue weighted by molar-refractivity contribution is 6.08. The van der Waals surface area contributed by atoms with Crippen LogP contribution in [0, 0.1) is 11.3 Å². The second-order valence-electron chi connectivity index (χ2n) is 5.82. The van der Waals surface area contributed by atoms with Crippen molar-refractivity contribution < 1.29 is 9.59 Å². The Kier molecular flexibility index (Phi) is 3.38. The van der Waals surface area contributed by atoms with Gasteiger partial charge in [-0.2, -0.15) is 0 Å². The first-order chi connectivity index (χ1) is 9.23. The third-order valence-corrected chi connectivity index (χ3v) is 3.82. The molecule has 0 spiro atoms. The lowest BCUT2D eigenvalue weighted by molar-refractivity contribution is -0.120. The van der Waals surface area contributed by atoms with Crippen LogP contribution >= 0.6 is 0 Å². The summed E-state index contributed by atoms with van der Waals surface area (Å²) in [5.74, 6) is -0.694. The number of primary amides is 1. The Morgan fingerprint density at radius 2 is 2.10 bits per heavy atom. The van der Waals surface area contributed by atoms with Gasteiger partial charge in [0.05, 0.1) is 5.41 Å². The van der Waals surface area contributed by atoms with E-state index in [-0.39, 0.29) is 18.2 Å². The third-order valence-electron chi connectivity index (χ3n) is 3.82. The topological polar surface area (TPSA) is 96.0 Å². The van der Waals surface area contributed by atoms with Crippen molar-refractivity contribution in [2.24, 2.45) is 11.7 Å². The van der Waals surface area contributed by atoms with E-state index in [2.05, 4.69) is 5.32 Å². The van der Waals surface area contributed by atoms with Crippen molar-refractivity contribution in [3.63, 3.8) is 0 Å². The van der Waals surface area contributed by atoms with E-state index in [1.165, 1.54) is 0 Å². The van der Waals surface area contributed by atoms with Crippen molar-refractivity contribution in [2.75, 3.05) is 5.32 Å². The second-order valence-corrected chi connectivity index (χ2v) is 5.82. The van der Waals surface area contributed by atoms with Gasteiger partial charge in [0, 0.05) is 23.7 Å². The molecule has 1 atom stereocenters. The summed E-state index contributed by atoms with van der Waals surface area (Å²) in [6, 6.07) is 5.45. The molecule has 5 heteroatoms. The number of rotatable bonds is 4. The maximum absolute atomic E-state index is 11.9. The number of carbonyl (C=O) groups is 2. The Morgan fingerprint density at radius 1 is 1.45 bits per heavy atom. The molecule has 1 aliphatic rings. The van der Waals surface area contributed by atoms with Crippen LogP contribution in [0.15, 0.2) is 18.2 Å². The van der Waals surface area contributed by atoms with Crippen molar-refractivity contribution in [1.29, 1.82) is 5.41 Å². The predicted molar refractivity (Wildman–Crippen MR) is 77.9 cm³/mol. The monoisotopic (exact) mass is 273 g/mol. The molecular weight excluding hydrogens is 254 g/mol. The highest BCUT2D eigenvalue weighted by Gasteiger charge is 2.38. The number of benzene rings is 1. The maximum atomic E-state index is 11.9. The van der Waals surface area contributed by atoms with Crippen LogP contribution in [-0.2, 0) is 15.0 Å². The molecule has 0 radical (unpaired) electrons. The molecular formula is C15H19N3O2. The van der Waals surface area contributed by atoms with Crippen molar-refractivity contribution in [3.05, 3.63) is 29.3 Å². The smallest absolute Gasteiger partial charge is 0.234 e. The van der Waals surface area contributed by atoms with Crippen molar-refractivity contribution in [3.8, 4) is 0 Å². The average molecular weight is 273 g/mol. The van der Waals surface area contributed by atoms with Crippen molar-refractivity contribution in [2.45, 2.75) is 32.6 Å². The second kappa shape index (κ2) is 4.74. The van der Waals surface area contributed by atoms with Gasteiger partial charge in [-0.25, -0.2) is 0 Å². The molecule has 0 aliphatic carbocycles. The summed E-state index contributed by atoms with van der Waals surface area (Å²) >= 11 is 0. The molecule has 0 saturated carbocycles. The van der Waals surface area contributed by atoms with E-state index in [9.17, 15) is 9.59 Å². The minimum Gasteiger partial charge on any atom is -0.370 e. The zero-order valence-electron chi connectivity index (χ0n) is 11.9. The molecule has 1 unspecified atom stereocenters. The molecule has 1 heterocycles. The standard InChI is InChI=1S/C15H19N3O2/c1-8(6-12(16)19)13(17)9-4-5-11-10(7-9)15(2,3)14(20)18-11/h4-5,7-8,17H,6H2,1-3H3,(H2,16,19)(H,18,20). The van der Waals surface area contributed by atoms with Crippen molar-refractivity contribution in [1.82, 2.24) is 0 Å². The van der Waals surface area contributed by atoms with E-state index in [1.54, 1.807) is 13.0 Å². The molecule has 0 fully saturated rings. The lowest BCUT2D eigenvalue weighted by Gasteiger charge is -2.17. The van der Waals surface area contributed by atoms with E-state index < -0.39 is 11.3 Å². The van der Waals surface area contributed by atoms with Gasteiger partial charge in [0.2, 0.25) is 11.8 Å². The summed E-state index contributed by atoms with van der Waals surface area (Å²) in [4.78, 5) is 22.8. The van der Waals surface area contributed by atoms with Crippen molar-refractivity contribution >= 4 is 23.2 Å². The SMILES string of the molecule is CC(CC(N)=O)C(=N)c1ccc2c(c1)C(C)(C)C(=O)N2. The fraction of sp³-hybridized carbons (Fsp3) is 0.400. The summed E-state index contributed by atoms with van der Waals surface area (Å²) < 4.78 is 0. The first kappa shape index (κ1) is 14.2. The molecule has 1 aromatic rings. The van der Waals surface area contributed by atoms with E-state index in [4.69, 9.17) is 11.1 Å². The van der Waals surface area contributed by atoms with Gasteiger partial charge < -0.3 is 16.5 Å². The molecule has 1 aliphatic heterocycles. The zero-order chi connectivity index (χ0) is 15.1. The van der Waals surface area contributed by atoms with Crippen LogP contribution in [0.5, 0.6) is 0 Å². The predicted octanol–water partition coefficient (Wildman–Crippen LogP) is 1.80. The minimum absolute atomic E-state index is 0.0404. The van der Waals surface area contributed by atoms with Gasteiger partial charge in [-0.05, 0) is 37.1 Å². The van der Waals surface area contributed by atoms with Gasteiger partial charge in [0.1, 0.15) is 0 Å². The van der Waals surface area contributed by atoms with Gasteiger partial charge in [-0.15, -0.1) is 0 Å². The van der Waals surface area contributed by atoms with Crippen LogP contribution in [0.2, 0.25) is 0 Å². The van der Waals surface area contributed by atoms with E-state index in [0.717, 1.165) is 16.8 Å². The number of hydrogen-bond donors (Lipinski definition) is 3. The fourth-order valence-corrected chi connectivity index (χ4v) is 2.43. The number of hydrogen-bond acceptors (Lipinski definition) is 3. The van der Waals surface area contributed by atoms with Gasteiger partial charge in [0.15, 0.2) is 0 Å². The number of nitrogens with one attached hydrogen (secondary N) is 2. The molecule has 1 aromatic carbocycles. The summed E-state index contributed by atoms with van der Waals surface area (Å²) in [5, 5.41) is 11.0. The Bertz CT molecular complexity index is 605. The summed E-state index contributed by atoms with van der Waals surface area (Å²) in [7, 11) is 0. The lowest BCUT2D eigenvalue weighted by atomic mass is 9.84. The Morgan fingerprint density at radius 3 is 2.70 bits per heavy atom. The fourth-order valence-electron chi connectivity index (χ4n) is 2.43. The van der Waals surface area contributed by atoms with Crippen LogP contribution in [0.4, 0.5) is 5.69 Å². The molecule has 20 heavy (non-hydrogen) atoms. The minimum atomic E-state index is -0.599. The first-order valence-electron chi connectivity index (χ1n) is 6.56. The lowest BCUT2D eigenvalue weighted by Crippen LogP contribution is -2.27. The highest BCUT2D eigenvalue weighted by Crippen LogP contribution is 2.38. The van der Waals surface area contributed by atoms with Crippen LogP contribution in [0.3, 0.4) is 0 Å². The normalized spacial score (nSPS) is 17.2. The third kappa shape index (κ3) is 2.31. The van der Waals surface area contributed by atoms with Crippen LogP contribution in [0.1, 0.15) is 38.3 Å². The van der Waals surface area contributed by atoms with Crippen LogP contribution in [-0.4, -0.2) is 17.5 Å². The largest absolute Gasteiger partial charge is 0.370 e. The number of amides is 2. The van der Waals surface area contributed by atoms with Gasteiger partial charge >= 0.3 is 0 Å². The van der Waals surface area contributed by atoms with Crippen LogP contribution in [0.25, 0.3) is 0 Å². The Balaban J connectivity index is 2.33. The van der Waals surface area contributed by atoms with E-state index in [0.29, 0.717) is 5.71 Å². The van der Waals surface area contributed by atoms with Gasteiger partial charge in [-0.3, -0.25) is 9.59 Å². The Hall–Kier alpha value is -2.17. The quantitative estimate of drug-likeness (QED) is 0.729. The summed E-state index contributed by atoms with van der Waals surface area (Å²) in [5.41, 5.74) is 7.33. The first-order valence-corrected chi connectivity index (χ1v) is 6.56. The Labute approximate surface area is 118 Å². The molecule has 0 saturated heterocycles. The van der Waals surface area contributed by atoms with E-state index >= 15 is 0 Å². The average Bonchev–Trinajstić information content (AvgIpc) is 2.58. The van der Waals surface area contributed by atoms with Crippen LogP contribution < -0.4 is 11.1 Å². The summed E-state index contributed by atoms with van der Waals surface area (Å²) in [6.45, 7) is 5.51. The maximum Gasteiger partial charge on any atom is 0.234 e. The van der Waals surface area contributed by atoms with E-state index in [1.807, 2.05) is 26.0 Å².